The van der Waals surface area contributed by atoms with Gasteiger partial charge in [0.1, 0.15) is 0 Å². The van der Waals surface area contributed by atoms with Crippen molar-refractivity contribution in [1.29, 1.82) is 0 Å². The average Bonchev–Trinajstić information content (AvgIpc) is 2.31. The van der Waals surface area contributed by atoms with E-state index in [1.807, 2.05) is 51.1 Å². The number of hydrogen-bond donors (Lipinski definition) is 1. The van der Waals surface area contributed by atoms with Crippen molar-refractivity contribution < 1.29 is 4.79 Å². The maximum atomic E-state index is 12.0. The van der Waals surface area contributed by atoms with Gasteiger partial charge >= 0.3 is 0 Å². The van der Waals surface area contributed by atoms with Gasteiger partial charge in [-0.3, -0.25) is 4.79 Å². The van der Waals surface area contributed by atoms with Gasteiger partial charge in [0, 0.05) is 16.1 Å². The molecule has 0 heterocycles. The topological polar surface area (TPSA) is 17.1 Å². The highest BCUT2D eigenvalue weighted by molar-refractivity contribution is 8.15. The van der Waals surface area contributed by atoms with E-state index in [-0.39, 0.29) is 9.86 Å². The van der Waals surface area contributed by atoms with E-state index < -0.39 is 0 Å². The molecular formula is C15H20OS2. The number of carbonyl (C=O) groups is 1. The second-order valence-corrected chi connectivity index (χ2v) is 7.04. The van der Waals surface area contributed by atoms with Crippen LogP contribution in [0.1, 0.15) is 31.9 Å². The third-order valence-electron chi connectivity index (χ3n) is 2.53. The predicted octanol–water partition coefficient (Wildman–Crippen LogP) is 4.37. The molecule has 18 heavy (non-hydrogen) atoms. The number of thiol groups is 1. The molecule has 0 amide bonds. The summed E-state index contributed by atoms with van der Waals surface area (Å²) < 4.78 is -0.122. The van der Waals surface area contributed by atoms with Crippen LogP contribution in [0.15, 0.2) is 29.8 Å². The fourth-order valence-electron chi connectivity index (χ4n) is 1.34. The molecule has 1 aromatic carbocycles. The molecule has 0 aromatic heterocycles. The number of rotatable bonds is 4. The molecule has 3 heteroatoms. The number of carbonyl (C=O) groups excluding carboxylic acids is 1. The molecule has 1 rings (SSSR count). The SMILES string of the molecule is C/C(=C\c1ccc(C)cc1)C(=O)SC(C)(C)CS. The zero-order valence-corrected chi connectivity index (χ0v) is 13.1. The standard InChI is InChI=1S/C15H20OS2/c1-11-5-7-13(8-6-11)9-12(2)14(16)18-15(3,4)10-17/h5-9,17H,10H2,1-4H3/b12-9+. The molecule has 0 atom stereocenters. The first-order valence-corrected chi connectivity index (χ1v) is 7.38. The Bertz CT molecular complexity index is 444. The van der Waals surface area contributed by atoms with Crippen LogP contribution < -0.4 is 0 Å². The van der Waals surface area contributed by atoms with Crippen molar-refractivity contribution in [3.8, 4) is 0 Å². The highest BCUT2D eigenvalue weighted by Crippen LogP contribution is 2.29. The lowest BCUT2D eigenvalue weighted by Gasteiger charge is -2.19. The van der Waals surface area contributed by atoms with E-state index in [2.05, 4.69) is 19.6 Å². The first-order valence-electron chi connectivity index (χ1n) is 5.93. The molecule has 0 N–H and O–H groups in total. The number of hydrogen-bond acceptors (Lipinski definition) is 3. The highest BCUT2D eigenvalue weighted by Gasteiger charge is 2.21. The Morgan fingerprint density at radius 2 is 1.89 bits per heavy atom. The average molecular weight is 280 g/mol. The first-order chi connectivity index (χ1) is 8.34. The normalized spacial score (nSPS) is 12.6. The summed E-state index contributed by atoms with van der Waals surface area (Å²) in [5.74, 6) is 0.682. The highest BCUT2D eigenvalue weighted by atomic mass is 32.2. The molecule has 0 bridgehead atoms. The van der Waals surface area contributed by atoms with E-state index in [1.165, 1.54) is 17.3 Å². The van der Waals surface area contributed by atoms with Crippen molar-refractivity contribution in [2.45, 2.75) is 32.4 Å². The van der Waals surface area contributed by atoms with Crippen LogP contribution in [0.4, 0.5) is 0 Å². The Kier molecular flexibility index (Phi) is 5.54. The van der Waals surface area contributed by atoms with Gasteiger partial charge < -0.3 is 0 Å². The minimum Gasteiger partial charge on any atom is -0.282 e. The van der Waals surface area contributed by atoms with Gasteiger partial charge in [-0.15, -0.1) is 0 Å². The van der Waals surface area contributed by atoms with Gasteiger partial charge in [-0.2, -0.15) is 12.6 Å². The van der Waals surface area contributed by atoms with Gasteiger partial charge in [-0.1, -0.05) is 41.6 Å². The van der Waals surface area contributed by atoms with Crippen LogP contribution in [-0.4, -0.2) is 15.6 Å². The third kappa shape index (κ3) is 4.91. The maximum absolute atomic E-state index is 12.0. The summed E-state index contributed by atoms with van der Waals surface area (Å²) in [7, 11) is 0. The molecule has 0 saturated carbocycles. The van der Waals surface area contributed by atoms with Crippen molar-refractivity contribution in [1.82, 2.24) is 0 Å². The Morgan fingerprint density at radius 1 is 1.33 bits per heavy atom. The van der Waals surface area contributed by atoms with Gasteiger partial charge in [0.15, 0.2) is 0 Å². The third-order valence-corrected chi connectivity index (χ3v) is 4.74. The van der Waals surface area contributed by atoms with Crippen LogP contribution in [0.3, 0.4) is 0 Å². The molecular weight excluding hydrogens is 260 g/mol. The van der Waals surface area contributed by atoms with Gasteiger partial charge in [-0.25, -0.2) is 0 Å². The smallest absolute Gasteiger partial charge is 0.215 e. The Labute approximate surface area is 119 Å². The molecule has 0 fully saturated rings. The summed E-state index contributed by atoms with van der Waals surface area (Å²) in [6.45, 7) is 7.98. The fraction of sp³-hybridized carbons (Fsp3) is 0.400. The molecule has 0 radical (unpaired) electrons. The van der Waals surface area contributed by atoms with Crippen LogP contribution in [0.25, 0.3) is 6.08 Å². The summed E-state index contributed by atoms with van der Waals surface area (Å²) in [6.07, 6.45) is 1.93. The van der Waals surface area contributed by atoms with Crippen molar-refractivity contribution >= 4 is 35.6 Å². The Balaban J connectivity index is 2.77. The molecule has 98 valence electrons. The summed E-state index contributed by atoms with van der Waals surface area (Å²) in [6, 6.07) is 8.16. The molecule has 0 saturated heterocycles. The van der Waals surface area contributed by atoms with E-state index in [9.17, 15) is 4.79 Å². The number of aryl methyl sites for hydroxylation is 1. The lowest BCUT2D eigenvalue weighted by atomic mass is 10.1. The van der Waals surface area contributed by atoms with Gasteiger partial charge in [0.2, 0.25) is 5.12 Å². The molecule has 1 nitrogen and oxygen atoms in total. The van der Waals surface area contributed by atoms with Crippen molar-refractivity contribution in [3.05, 3.63) is 41.0 Å². The molecule has 0 aliphatic carbocycles. The van der Waals surface area contributed by atoms with E-state index >= 15 is 0 Å². The summed E-state index contributed by atoms with van der Waals surface area (Å²) in [5, 5.41) is 0.120. The van der Waals surface area contributed by atoms with Gasteiger partial charge in [-0.05, 0) is 39.3 Å². The molecule has 1 aromatic rings. The largest absolute Gasteiger partial charge is 0.282 e. The van der Waals surface area contributed by atoms with E-state index in [0.717, 1.165) is 11.1 Å². The lowest BCUT2D eigenvalue weighted by molar-refractivity contribution is -0.107. The monoisotopic (exact) mass is 280 g/mol. The Morgan fingerprint density at radius 3 is 2.39 bits per heavy atom. The maximum Gasteiger partial charge on any atom is 0.215 e. The van der Waals surface area contributed by atoms with Gasteiger partial charge in [0.25, 0.3) is 0 Å². The lowest BCUT2D eigenvalue weighted by Crippen LogP contribution is -2.19. The van der Waals surface area contributed by atoms with E-state index in [4.69, 9.17) is 0 Å². The molecule has 0 aliphatic heterocycles. The molecule has 0 aliphatic rings. The summed E-state index contributed by atoms with van der Waals surface area (Å²) in [4.78, 5) is 12.0. The zero-order chi connectivity index (χ0) is 13.8. The first kappa shape index (κ1) is 15.4. The van der Waals surface area contributed by atoms with Crippen LogP contribution in [0.2, 0.25) is 0 Å². The van der Waals surface area contributed by atoms with Crippen molar-refractivity contribution in [3.63, 3.8) is 0 Å². The summed E-state index contributed by atoms with van der Waals surface area (Å²) in [5.41, 5.74) is 3.07. The number of benzene rings is 1. The van der Waals surface area contributed by atoms with E-state index in [1.54, 1.807) is 0 Å². The summed E-state index contributed by atoms with van der Waals surface area (Å²) >= 11 is 5.61. The fourth-order valence-corrected chi connectivity index (χ4v) is 2.32. The predicted molar refractivity (Wildman–Crippen MR) is 85.4 cm³/mol. The second kappa shape index (κ2) is 6.48. The second-order valence-electron chi connectivity index (χ2n) is 5.05. The molecule has 0 unspecified atom stereocenters. The minimum atomic E-state index is -0.122. The van der Waals surface area contributed by atoms with Crippen LogP contribution >= 0.6 is 24.4 Å². The van der Waals surface area contributed by atoms with E-state index in [0.29, 0.717) is 5.75 Å². The minimum absolute atomic E-state index is 0.120. The van der Waals surface area contributed by atoms with Crippen molar-refractivity contribution in [2.24, 2.45) is 0 Å². The molecule has 0 spiro atoms. The van der Waals surface area contributed by atoms with Crippen LogP contribution in [-0.2, 0) is 4.79 Å². The van der Waals surface area contributed by atoms with Crippen LogP contribution in [0.5, 0.6) is 0 Å². The quantitative estimate of drug-likeness (QED) is 0.651. The van der Waals surface area contributed by atoms with Crippen molar-refractivity contribution in [2.75, 3.05) is 5.75 Å². The Hall–Kier alpha value is -0.670. The zero-order valence-electron chi connectivity index (χ0n) is 11.4. The van der Waals surface area contributed by atoms with Gasteiger partial charge in [0.05, 0.1) is 0 Å². The van der Waals surface area contributed by atoms with Crippen LogP contribution in [0, 0.1) is 6.92 Å². The number of thioether (sulfide) groups is 1.